The molecule has 17 heavy (non-hydrogen) atoms. The van der Waals surface area contributed by atoms with Crippen molar-refractivity contribution < 1.29 is 4.79 Å². The van der Waals surface area contributed by atoms with Crippen LogP contribution in [-0.4, -0.2) is 34.1 Å². The lowest BCUT2D eigenvalue weighted by molar-refractivity contribution is 0.219. The Bertz CT molecular complexity index is 546. The number of primary amides is 1. The first-order valence-electron chi connectivity index (χ1n) is 5.48. The van der Waals surface area contributed by atoms with E-state index in [1.807, 2.05) is 23.7 Å². The van der Waals surface area contributed by atoms with E-state index in [2.05, 4.69) is 11.1 Å². The van der Waals surface area contributed by atoms with Gasteiger partial charge in [0.15, 0.2) is 0 Å². The van der Waals surface area contributed by atoms with Crippen molar-refractivity contribution in [3.05, 3.63) is 30.1 Å². The fraction of sp³-hybridized carbons (Fsp3) is 0.333. The van der Waals surface area contributed by atoms with Crippen LogP contribution < -0.4 is 5.73 Å². The van der Waals surface area contributed by atoms with Gasteiger partial charge in [0.1, 0.15) is 0 Å². The molecule has 0 saturated carbocycles. The summed E-state index contributed by atoms with van der Waals surface area (Å²) < 4.78 is 1.98. The number of aryl methyl sites for hydroxylation is 1. The highest BCUT2D eigenvalue weighted by Gasteiger charge is 2.05. The van der Waals surface area contributed by atoms with Gasteiger partial charge in [-0.15, -0.1) is 0 Å². The van der Waals surface area contributed by atoms with Gasteiger partial charge in [0.25, 0.3) is 0 Å². The molecule has 0 spiro atoms. The quantitative estimate of drug-likeness (QED) is 0.862. The Morgan fingerprint density at radius 3 is 3.00 bits per heavy atom. The third-order valence-electron chi connectivity index (χ3n) is 2.90. The van der Waals surface area contributed by atoms with Crippen LogP contribution in [0.5, 0.6) is 0 Å². The standard InChI is InChI=1S/C12H16N4O/c1-15(12(13)17)6-5-9-3-4-11-10(7-9)14-8-16(11)2/h3-4,7-8H,5-6H2,1-2H3,(H2,13,17). The van der Waals surface area contributed by atoms with Crippen LogP contribution in [-0.2, 0) is 13.5 Å². The topological polar surface area (TPSA) is 64.2 Å². The van der Waals surface area contributed by atoms with Gasteiger partial charge < -0.3 is 15.2 Å². The maximum atomic E-state index is 10.9. The van der Waals surface area contributed by atoms with Gasteiger partial charge in [0.05, 0.1) is 17.4 Å². The molecular weight excluding hydrogens is 216 g/mol. The average Bonchev–Trinajstić information content (AvgIpc) is 2.67. The minimum absolute atomic E-state index is 0.399. The Labute approximate surface area is 99.8 Å². The Balaban J connectivity index is 2.12. The number of fused-ring (bicyclic) bond motifs is 1. The number of amides is 2. The van der Waals surface area contributed by atoms with Crippen molar-refractivity contribution in [3.8, 4) is 0 Å². The van der Waals surface area contributed by atoms with Gasteiger partial charge in [-0.3, -0.25) is 0 Å². The van der Waals surface area contributed by atoms with Crippen molar-refractivity contribution >= 4 is 17.1 Å². The highest BCUT2D eigenvalue weighted by molar-refractivity contribution is 5.76. The second-order valence-corrected chi connectivity index (χ2v) is 4.19. The molecule has 5 heteroatoms. The number of carbonyl (C=O) groups excluding carboxylic acids is 1. The summed E-state index contributed by atoms with van der Waals surface area (Å²) in [5.41, 5.74) is 8.41. The first-order valence-corrected chi connectivity index (χ1v) is 5.48. The van der Waals surface area contributed by atoms with Gasteiger partial charge in [-0.25, -0.2) is 9.78 Å². The maximum absolute atomic E-state index is 10.9. The minimum atomic E-state index is -0.399. The fourth-order valence-electron chi connectivity index (χ4n) is 1.74. The number of nitrogens with two attached hydrogens (primary N) is 1. The Hall–Kier alpha value is -2.04. The summed E-state index contributed by atoms with van der Waals surface area (Å²) in [6.07, 6.45) is 2.58. The molecule has 0 saturated heterocycles. The summed E-state index contributed by atoms with van der Waals surface area (Å²) in [5.74, 6) is 0. The molecule has 0 aliphatic heterocycles. The predicted octanol–water partition coefficient (Wildman–Crippen LogP) is 1.13. The van der Waals surface area contributed by atoms with Crippen LogP contribution in [0.2, 0.25) is 0 Å². The van der Waals surface area contributed by atoms with E-state index in [9.17, 15) is 4.79 Å². The SMILES string of the molecule is CN(CCc1ccc2c(c1)ncn2C)C(N)=O. The van der Waals surface area contributed by atoms with Crippen LogP contribution in [0.3, 0.4) is 0 Å². The number of imidazole rings is 1. The number of carbonyl (C=O) groups is 1. The average molecular weight is 232 g/mol. The number of hydrogen-bond donors (Lipinski definition) is 1. The molecule has 0 bridgehead atoms. The van der Waals surface area contributed by atoms with E-state index in [0.717, 1.165) is 23.0 Å². The molecule has 0 atom stereocenters. The molecule has 2 N–H and O–H groups in total. The molecule has 1 aromatic carbocycles. The van der Waals surface area contributed by atoms with Gasteiger partial charge >= 0.3 is 6.03 Å². The summed E-state index contributed by atoms with van der Waals surface area (Å²) in [6.45, 7) is 0.619. The third-order valence-corrected chi connectivity index (χ3v) is 2.90. The Morgan fingerprint density at radius 2 is 2.29 bits per heavy atom. The van der Waals surface area contributed by atoms with Crippen LogP contribution >= 0.6 is 0 Å². The Kier molecular flexibility index (Phi) is 2.99. The lowest BCUT2D eigenvalue weighted by Crippen LogP contribution is -2.33. The number of rotatable bonds is 3. The van der Waals surface area contributed by atoms with Crippen LogP contribution in [0, 0.1) is 0 Å². The molecule has 90 valence electrons. The monoisotopic (exact) mass is 232 g/mol. The first kappa shape index (κ1) is 11.4. The molecule has 2 rings (SSSR count). The normalized spacial score (nSPS) is 10.7. The number of aromatic nitrogens is 2. The molecule has 0 fully saturated rings. The number of urea groups is 1. The highest BCUT2D eigenvalue weighted by Crippen LogP contribution is 2.14. The second kappa shape index (κ2) is 4.45. The van der Waals surface area contributed by atoms with E-state index >= 15 is 0 Å². The van der Waals surface area contributed by atoms with E-state index < -0.39 is 6.03 Å². The molecule has 0 aliphatic rings. The summed E-state index contributed by atoms with van der Waals surface area (Å²) in [7, 11) is 3.66. The smallest absolute Gasteiger partial charge is 0.314 e. The zero-order valence-electron chi connectivity index (χ0n) is 10.1. The van der Waals surface area contributed by atoms with Crippen molar-refractivity contribution in [3.63, 3.8) is 0 Å². The zero-order chi connectivity index (χ0) is 12.4. The lowest BCUT2D eigenvalue weighted by atomic mass is 10.1. The summed E-state index contributed by atoms with van der Waals surface area (Å²) in [5, 5.41) is 0. The van der Waals surface area contributed by atoms with Crippen molar-refractivity contribution in [1.82, 2.24) is 14.5 Å². The molecule has 2 aromatic rings. The van der Waals surface area contributed by atoms with Crippen LogP contribution in [0.4, 0.5) is 4.79 Å². The van der Waals surface area contributed by atoms with Gasteiger partial charge in [-0.05, 0) is 24.1 Å². The number of nitrogens with zero attached hydrogens (tertiary/aromatic N) is 3. The number of hydrogen-bond acceptors (Lipinski definition) is 2. The van der Waals surface area contributed by atoms with Crippen molar-refractivity contribution in [2.45, 2.75) is 6.42 Å². The van der Waals surface area contributed by atoms with Crippen molar-refractivity contribution in [2.75, 3.05) is 13.6 Å². The van der Waals surface area contributed by atoms with E-state index in [1.165, 1.54) is 4.90 Å². The molecule has 0 aliphatic carbocycles. The molecule has 2 amide bonds. The van der Waals surface area contributed by atoms with E-state index in [-0.39, 0.29) is 0 Å². The maximum Gasteiger partial charge on any atom is 0.314 e. The molecule has 1 aromatic heterocycles. The number of likely N-dealkylation sites (N-methyl/N-ethyl adjacent to an activating group) is 1. The molecule has 5 nitrogen and oxygen atoms in total. The summed E-state index contributed by atoms with van der Waals surface area (Å²) in [6, 6.07) is 5.74. The van der Waals surface area contributed by atoms with E-state index in [4.69, 9.17) is 5.73 Å². The van der Waals surface area contributed by atoms with Crippen LogP contribution in [0.15, 0.2) is 24.5 Å². The molecule has 0 radical (unpaired) electrons. The van der Waals surface area contributed by atoms with Gasteiger partial charge in [0.2, 0.25) is 0 Å². The summed E-state index contributed by atoms with van der Waals surface area (Å²) in [4.78, 5) is 16.7. The highest BCUT2D eigenvalue weighted by atomic mass is 16.2. The Morgan fingerprint density at radius 1 is 1.53 bits per heavy atom. The van der Waals surface area contributed by atoms with Gasteiger partial charge in [0, 0.05) is 20.6 Å². The van der Waals surface area contributed by atoms with Crippen molar-refractivity contribution in [2.24, 2.45) is 12.8 Å². The van der Waals surface area contributed by atoms with Crippen LogP contribution in [0.1, 0.15) is 5.56 Å². The van der Waals surface area contributed by atoms with Crippen LogP contribution in [0.25, 0.3) is 11.0 Å². The third kappa shape index (κ3) is 2.38. The molecule has 0 unspecified atom stereocenters. The first-order chi connectivity index (χ1) is 8.08. The summed E-state index contributed by atoms with van der Waals surface area (Å²) >= 11 is 0. The largest absolute Gasteiger partial charge is 0.351 e. The molecular formula is C12H16N4O. The lowest BCUT2D eigenvalue weighted by Gasteiger charge is -2.13. The van der Waals surface area contributed by atoms with E-state index in [0.29, 0.717) is 6.54 Å². The van der Waals surface area contributed by atoms with E-state index in [1.54, 1.807) is 13.4 Å². The van der Waals surface area contributed by atoms with Gasteiger partial charge in [-0.2, -0.15) is 0 Å². The van der Waals surface area contributed by atoms with Crippen molar-refractivity contribution in [1.29, 1.82) is 0 Å². The zero-order valence-corrected chi connectivity index (χ0v) is 10.1. The minimum Gasteiger partial charge on any atom is -0.351 e. The van der Waals surface area contributed by atoms with Gasteiger partial charge in [-0.1, -0.05) is 6.07 Å². The fourth-order valence-corrected chi connectivity index (χ4v) is 1.74. The molecule has 1 heterocycles. The number of benzene rings is 1. The second-order valence-electron chi connectivity index (χ2n) is 4.19. The predicted molar refractivity (Wildman–Crippen MR) is 66.6 cm³/mol.